The summed E-state index contributed by atoms with van der Waals surface area (Å²) in [5.74, 6) is -0.154. The van der Waals surface area contributed by atoms with Crippen LogP contribution in [0.5, 0.6) is 0 Å². The number of carbonyl (C=O) groups is 2. The molecule has 1 fully saturated rings. The van der Waals surface area contributed by atoms with Gasteiger partial charge in [-0.1, -0.05) is 11.6 Å². The van der Waals surface area contributed by atoms with E-state index < -0.39 is 0 Å². The fraction of sp³-hybridized carbons (Fsp3) is 0.545. The lowest BCUT2D eigenvalue weighted by Gasteiger charge is -2.14. The van der Waals surface area contributed by atoms with E-state index in [2.05, 4.69) is 15.7 Å². The zero-order valence-electron chi connectivity index (χ0n) is 10.6. The Morgan fingerprint density at radius 1 is 1.63 bits per heavy atom. The minimum atomic E-state index is -0.154. The third-order valence-electron chi connectivity index (χ3n) is 2.84. The van der Waals surface area contributed by atoms with Crippen molar-refractivity contribution in [1.29, 1.82) is 0 Å². The number of hydrogen-bond donors (Lipinski definition) is 2. The zero-order chi connectivity index (χ0) is 13.8. The Labute approximate surface area is 115 Å². The minimum Gasteiger partial charge on any atom is -0.353 e. The molecule has 1 aliphatic rings. The van der Waals surface area contributed by atoms with Crippen LogP contribution in [0.25, 0.3) is 0 Å². The quantitative estimate of drug-likeness (QED) is 0.798. The van der Waals surface area contributed by atoms with Gasteiger partial charge < -0.3 is 15.5 Å². The van der Waals surface area contributed by atoms with Gasteiger partial charge in [-0.3, -0.25) is 9.48 Å². The Hall–Kier alpha value is -1.76. The van der Waals surface area contributed by atoms with Crippen molar-refractivity contribution in [1.82, 2.24) is 25.3 Å². The molecule has 1 aromatic heterocycles. The first-order valence-corrected chi connectivity index (χ1v) is 6.43. The van der Waals surface area contributed by atoms with Crippen LogP contribution in [0.15, 0.2) is 6.20 Å². The molecule has 3 amide bonds. The molecule has 2 heterocycles. The first kappa shape index (κ1) is 13.7. The number of carbonyl (C=O) groups excluding carboxylic acids is 2. The van der Waals surface area contributed by atoms with Crippen LogP contribution in [-0.4, -0.2) is 52.8 Å². The van der Waals surface area contributed by atoms with Crippen molar-refractivity contribution in [2.45, 2.75) is 13.5 Å². The van der Waals surface area contributed by atoms with Crippen molar-refractivity contribution in [3.8, 4) is 0 Å². The Kier molecular flexibility index (Phi) is 4.26. The molecule has 19 heavy (non-hydrogen) atoms. The zero-order valence-corrected chi connectivity index (χ0v) is 11.4. The van der Waals surface area contributed by atoms with Gasteiger partial charge in [0.05, 0.1) is 10.7 Å². The van der Waals surface area contributed by atoms with Crippen LogP contribution < -0.4 is 10.6 Å². The van der Waals surface area contributed by atoms with E-state index in [-0.39, 0.29) is 18.5 Å². The van der Waals surface area contributed by atoms with Crippen LogP contribution in [0.1, 0.15) is 5.69 Å². The number of nitrogens with one attached hydrogen (secondary N) is 2. The van der Waals surface area contributed by atoms with Crippen LogP contribution in [-0.2, 0) is 11.3 Å². The molecule has 0 spiro atoms. The molecule has 0 aliphatic carbocycles. The van der Waals surface area contributed by atoms with Gasteiger partial charge in [0.15, 0.2) is 0 Å². The molecule has 1 aromatic rings. The molecular formula is C11H16ClN5O2. The molecule has 0 saturated carbocycles. The average Bonchev–Trinajstić information content (AvgIpc) is 2.87. The van der Waals surface area contributed by atoms with Gasteiger partial charge in [-0.2, -0.15) is 5.10 Å². The van der Waals surface area contributed by atoms with Gasteiger partial charge in [0.1, 0.15) is 6.54 Å². The number of aryl methyl sites for hydroxylation is 1. The predicted molar refractivity (Wildman–Crippen MR) is 70.0 cm³/mol. The normalized spacial score (nSPS) is 14.6. The van der Waals surface area contributed by atoms with E-state index >= 15 is 0 Å². The average molecular weight is 286 g/mol. The maximum absolute atomic E-state index is 11.7. The summed E-state index contributed by atoms with van der Waals surface area (Å²) in [6.07, 6.45) is 1.62. The number of aromatic nitrogens is 2. The van der Waals surface area contributed by atoms with Crippen LogP contribution in [0, 0.1) is 6.92 Å². The van der Waals surface area contributed by atoms with Gasteiger partial charge >= 0.3 is 6.03 Å². The topological polar surface area (TPSA) is 79.3 Å². The summed E-state index contributed by atoms with van der Waals surface area (Å²) < 4.78 is 1.50. The van der Waals surface area contributed by atoms with E-state index in [9.17, 15) is 9.59 Å². The molecule has 0 atom stereocenters. The second-order valence-electron chi connectivity index (χ2n) is 4.33. The third-order valence-corrected chi connectivity index (χ3v) is 3.21. The molecular weight excluding hydrogens is 270 g/mol. The third kappa shape index (κ3) is 3.60. The lowest BCUT2D eigenvalue weighted by molar-refractivity contribution is -0.121. The monoisotopic (exact) mass is 285 g/mol. The lowest BCUT2D eigenvalue weighted by Crippen LogP contribution is -2.37. The van der Waals surface area contributed by atoms with Gasteiger partial charge in [-0.05, 0) is 6.92 Å². The summed E-state index contributed by atoms with van der Waals surface area (Å²) >= 11 is 5.85. The first-order chi connectivity index (χ1) is 9.06. The highest BCUT2D eigenvalue weighted by atomic mass is 35.5. The summed E-state index contributed by atoms with van der Waals surface area (Å²) in [5.41, 5.74) is 0.697. The van der Waals surface area contributed by atoms with E-state index in [0.717, 1.165) is 0 Å². The van der Waals surface area contributed by atoms with Gasteiger partial charge in [-0.25, -0.2) is 4.79 Å². The summed E-state index contributed by atoms with van der Waals surface area (Å²) in [4.78, 5) is 24.6. The first-order valence-electron chi connectivity index (χ1n) is 6.05. The molecule has 1 aliphatic heterocycles. The van der Waals surface area contributed by atoms with Crippen LogP contribution in [0.3, 0.4) is 0 Å². The van der Waals surface area contributed by atoms with E-state index in [1.807, 2.05) is 0 Å². The Morgan fingerprint density at radius 3 is 3.00 bits per heavy atom. The summed E-state index contributed by atoms with van der Waals surface area (Å²) in [7, 11) is 0. The number of nitrogens with zero attached hydrogens (tertiary/aromatic N) is 3. The highest BCUT2D eigenvalue weighted by Gasteiger charge is 2.18. The summed E-state index contributed by atoms with van der Waals surface area (Å²) in [6, 6.07) is -0.0799. The SMILES string of the molecule is Cc1nn(CC(=O)NCCN2CCNC2=O)cc1Cl. The van der Waals surface area contributed by atoms with Crippen molar-refractivity contribution in [3.05, 3.63) is 16.9 Å². The Morgan fingerprint density at radius 2 is 2.42 bits per heavy atom. The molecule has 0 bridgehead atoms. The number of rotatable bonds is 5. The van der Waals surface area contributed by atoms with E-state index in [1.54, 1.807) is 18.0 Å². The standard InChI is InChI=1S/C11H16ClN5O2/c1-8-9(12)6-17(15-8)7-10(18)13-2-4-16-5-3-14-11(16)19/h6H,2-5,7H2,1H3,(H,13,18)(H,14,19). The molecule has 1 saturated heterocycles. The lowest BCUT2D eigenvalue weighted by atomic mass is 10.5. The van der Waals surface area contributed by atoms with Crippen molar-refractivity contribution in [2.75, 3.05) is 26.2 Å². The molecule has 2 N–H and O–H groups in total. The Balaban J connectivity index is 1.71. The molecule has 8 heteroatoms. The molecule has 0 radical (unpaired) electrons. The van der Waals surface area contributed by atoms with Gasteiger partial charge in [-0.15, -0.1) is 0 Å². The number of amides is 3. The highest BCUT2D eigenvalue weighted by molar-refractivity contribution is 6.31. The summed E-state index contributed by atoms with van der Waals surface area (Å²) in [5, 5.41) is 10.1. The maximum Gasteiger partial charge on any atom is 0.317 e. The molecule has 0 aromatic carbocycles. The van der Waals surface area contributed by atoms with Crippen LogP contribution in [0.2, 0.25) is 5.02 Å². The van der Waals surface area contributed by atoms with Gasteiger partial charge in [0, 0.05) is 32.4 Å². The van der Waals surface area contributed by atoms with Crippen LogP contribution in [0.4, 0.5) is 4.79 Å². The minimum absolute atomic E-state index is 0.0799. The predicted octanol–water partition coefficient (Wildman–Crippen LogP) is -0.0137. The smallest absolute Gasteiger partial charge is 0.317 e. The number of urea groups is 1. The Bertz CT molecular complexity index is 468. The van der Waals surface area contributed by atoms with Crippen molar-refractivity contribution >= 4 is 23.5 Å². The second-order valence-corrected chi connectivity index (χ2v) is 4.74. The molecule has 2 rings (SSSR count). The van der Waals surface area contributed by atoms with Crippen LogP contribution >= 0.6 is 11.6 Å². The molecule has 0 unspecified atom stereocenters. The van der Waals surface area contributed by atoms with E-state index in [0.29, 0.717) is 36.9 Å². The fourth-order valence-corrected chi connectivity index (χ4v) is 1.98. The van der Waals surface area contributed by atoms with Crippen molar-refractivity contribution in [2.24, 2.45) is 0 Å². The van der Waals surface area contributed by atoms with Crippen molar-refractivity contribution in [3.63, 3.8) is 0 Å². The number of halogens is 1. The van der Waals surface area contributed by atoms with Gasteiger partial charge in [0.2, 0.25) is 5.91 Å². The highest BCUT2D eigenvalue weighted by Crippen LogP contribution is 2.11. The van der Waals surface area contributed by atoms with E-state index in [1.165, 1.54) is 4.68 Å². The summed E-state index contributed by atoms with van der Waals surface area (Å²) in [6.45, 7) is 4.19. The largest absolute Gasteiger partial charge is 0.353 e. The maximum atomic E-state index is 11.7. The fourth-order valence-electron chi connectivity index (χ4n) is 1.83. The molecule has 7 nitrogen and oxygen atoms in total. The van der Waals surface area contributed by atoms with Crippen molar-refractivity contribution < 1.29 is 9.59 Å². The molecule has 104 valence electrons. The second kappa shape index (κ2) is 5.92. The number of hydrogen-bond acceptors (Lipinski definition) is 3. The van der Waals surface area contributed by atoms with Gasteiger partial charge in [0.25, 0.3) is 0 Å². The van der Waals surface area contributed by atoms with E-state index in [4.69, 9.17) is 11.6 Å².